The summed E-state index contributed by atoms with van der Waals surface area (Å²) in [7, 11) is 2.19. The number of aliphatic hydroxyl groups excluding tert-OH is 1. The first-order valence-electron chi connectivity index (χ1n) is 6.51. The van der Waals surface area contributed by atoms with Gasteiger partial charge in [-0.25, -0.2) is 0 Å². The lowest BCUT2D eigenvalue weighted by Gasteiger charge is -2.38. The van der Waals surface area contributed by atoms with Crippen LogP contribution in [0.15, 0.2) is 0 Å². The van der Waals surface area contributed by atoms with Crippen LogP contribution in [0.5, 0.6) is 0 Å². The minimum absolute atomic E-state index is 0.0533. The highest BCUT2D eigenvalue weighted by Crippen LogP contribution is 2.36. The zero-order chi connectivity index (χ0) is 12.2. The third-order valence-corrected chi connectivity index (χ3v) is 4.02. The molecule has 1 unspecified atom stereocenters. The van der Waals surface area contributed by atoms with Crippen molar-refractivity contribution in [3.8, 4) is 0 Å². The Morgan fingerprint density at radius 1 is 1.38 bits per heavy atom. The Bertz CT molecular complexity index is 196. The molecule has 0 amide bonds. The summed E-state index contributed by atoms with van der Waals surface area (Å²) >= 11 is 0. The van der Waals surface area contributed by atoms with E-state index in [-0.39, 0.29) is 12.6 Å². The van der Waals surface area contributed by atoms with Gasteiger partial charge < -0.3 is 15.7 Å². The molecule has 1 atom stereocenters. The predicted octanol–water partition coefficient (Wildman–Crippen LogP) is 1.60. The third kappa shape index (κ3) is 4.40. The lowest BCUT2D eigenvalue weighted by molar-refractivity contribution is 0.122. The first kappa shape index (κ1) is 13.9. The highest BCUT2D eigenvalue weighted by molar-refractivity contribution is 4.83. The zero-order valence-corrected chi connectivity index (χ0v) is 11.1. The Balaban J connectivity index is 2.25. The minimum atomic E-state index is -0.0533. The minimum Gasteiger partial charge on any atom is -0.395 e. The van der Waals surface area contributed by atoms with Gasteiger partial charge in [0.15, 0.2) is 0 Å². The summed E-state index contributed by atoms with van der Waals surface area (Å²) in [5.74, 6) is 0. The Kier molecular flexibility index (Phi) is 5.22. The lowest BCUT2D eigenvalue weighted by Crippen LogP contribution is -2.39. The molecular formula is C13H28N2O. The number of hydrogen-bond acceptors (Lipinski definition) is 3. The molecule has 0 radical (unpaired) electrons. The van der Waals surface area contributed by atoms with Crippen molar-refractivity contribution < 1.29 is 5.11 Å². The SMILES string of the molecule is CN(CCC(N)CO)C1CCC(C)(C)CC1. The van der Waals surface area contributed by atoms with E-state index in [1.54, 1.807) is 0 Å². The van der Waals surface area contributed by atoms with Gasteiger partial charge in [0.05, 0.1) is 6.61 Å². The van der Waals surface area contributed by atoms with E-state index in [0.29, 0.717) is 5.41 Å². The van der Waals surface area contributed by atoms with Gasteiger partial charge in [-0.1, -0.05) is 13.8 Å². The summed E-state index contributed by atoms with van der Waals surface area (Å²) in [6.07, 6.45) is 6.16. The normalized spacial score (nSPS) is 23.6. The van der Waals surface area contributed by atoms with Gasteiger partial charge in [0, 0.05) is 12.1 Å². The van der Waals surface area contributed by atoms with Crippen molar-refractivity contribution in [1.29, 1.82) is 0 Å². The van der Waals surface area contributed by atoms with Crippen molar-refractivity contribution in [1.82, 2.24) is 4.90 Å². The molecule has 1 aliphatic carbocycles. The van der Waals surface area contributed by atoms with E-state index in [9.17, 15) is 0 Å². The summed E-state index contributed by atoms with van der Waals surface area (Å²) in [4.78, 5) is 2.42. The van der Waals surface area contributed by atoms with Crippen molar-refractivity contribution in [3.63, 3.8) is 0 Å². The Morgan fingerprint density at radius 2 is 1.94 bits per heavy atom. The predicted molar refractivity (Wildman–Crippen MR) is 68.3 cm³/mol. The summed E-state index contributed by atoms with van der Waals surface area (Å²) in [6.45, 7) is 5.84. The molecule has 0 aromatic heterocycles. The van der Waals surface area contributed by atoms with Gasteiger partial charge in [-0.2, -0.15) is 0 Å². The summed E-state index contributed by atoms with van der Waals surface area (Å²) in [6, 6.07) is 0.668. The van der Waals surface area contributed by atoms with Gasteiger partial charge in [-0.05, 0) is 51.1 Å². The third-order valence-electron chi connectivity index (χ3n) is 4.02. The van der Waals surface area contributed by atoms with Gasteiger partial charge in [-0.3, -0.25) is 0 Å². The lowest BCUT2D eigenvalue weighted by atomic mass is 9.75. The van der Waals surface area contributed by atoms with Gasteiger partial charge >= 0.3 is 0 Å². The van der Waals surface area contributed by atoms with Crippen LogP contribution < -0.4 is 5.73 Å². The van der Waals surface area contributed by atoms with Crippen LogP contribution in [-0.2, 0) is 0 Å². The second-order valence-corrected chi connectivity index (χ2v) is 6.11. The van der Waals surface area contributed by atoms with Crippen molar-refractivity contribution >= 4 is 0 Å². The van der Waals surface area contributed by atoms with Crippen LogP contribution in [0.4, 0.5) is 0 Å². The summed E-state index contributed by atoms with van der Waals surface area (Å²) in [5, 5.41) is 8.88. The molecule has 0 spiro atoms. The molecule has 0 aromatic carbocycles. The van der Waals surface area contributed by atoms with Crippen LogP contribution in [0.2, 0.25) is 0 Å². The van der Waals surface area contributed by atoms with Crippen molar-refractivity contribution in [2.75, 3.05) is 20.2 Å². The fourth-order valence-electron chi connectivity index (χ4n) is 2.47. The molecular weight excluding hydrogens is 200 g/mol. The average Bonchev–Trinajstić information content (AvgIpc) is 2.25. The standard InChI is InChI=1S/C13H28N2O/c1-13(2)7-4-12(5-8-13)15(3)9-6-11(14)10-16/h11-12,16H,4-10,14H2,1-3H3. The van der Waals surface area contributed by atoms with Crippen molar-refractivity contribution in [3.05, 3.63) is 0 Å². The number of nitrogens with zero attached hydrogens (tertiary/aromatic N) is 1. The second kappa shape index (κ2) is 5.99. The van der Waals surface area contributed by atoms with E-state index in [2.05, 4.69) is 25.8 Å². The zero-order valence-electron chi connectivity index (χ0n) is 11.1. The van der Waals surface area contributed by atoms with Crippen LogP contribution in [0.1, 0.15) is 46.0 Å². The highest BCUT2D eigenvalue weighted by Gasteiger charge is 2.28. The number of hydrogen-bond donors (Lipinski definition) is 2. The molecule has 3 heteroatoms. The van der Waals surface area contributed by atoms with Gasteiger partial charge in [0.1, 0.15) is 0 Å². The van der Waals surface area contributed by atoms with Gasteiger partial charge in [0.2, 0.25) is 0 Å². The molecule has 1 rings (SSSR count). The molecule has 1 fully saturated rings. The Labute approximate surface area is 100 Å². The number of aliphatic hydroxyl groups is 1. The molecule has 0 bridgehead atoms. The smallest absolute Gasteiger partial charge is 0.0583 e. The maximum Gasteiger partial charge on any atom is 0.0583 e. The molecule has 3 N–H and O–H groups in total. The van der Waals surface area contributed by atoms with E-state index in [1.807, 2.05) is 0 Å². The maximum absolute atomic E-state index is 8.88. The Morgan fingerprint density at radius 3 is 2.44 bits per heavy atom. The number of rotatable bonds is 5. The van der Waals surface area contributed by atoms with Crippen LogP contribution in [-0.4, -0.2) is 42.3 Å². The molecule has 16 heavy (non-hydrogen) atoms. The van der Waals surface area contributed by atoms with Crippen LogP contribution in [0, 0.1) is 5.41 Å². The molecule has 96 valence electrons. The molecule has 1 saturated carbocycles. The molecule has 1 aliphatic rings. The van der Waals surface area contributed by atoms with Crippen molar-refractivity contribution in [2.24, 2.45) is 11.1 Å². The topological polar surface area (TPSA) is 49.5 Å². The fraction of sp³-hybridized carbons (Fsp3) is 1.00. The fourth-order valence-corrected chi connectivity index (χ4v) is 2.47. The van der Waals surface area contributed by atoms with E-state index in [1.165, 1.54) is 25.7 Å². The van der Waals surface area contributed by atoms with Gasteiger partial charge in [0.25, 0.3) is 0 Å². The van der Waals surface area contributed by atoms with Crippen LogP contribution in [0.25, 0.3) is 0 Å². The van der Waals surface area contributed by atoms with E-state index in [4.69, 9.17) is 10.8 Å². The largest absolute Gasteiger partial charge is 0.395 e. The first-order chi connectivity index (χ1) is 7.44. The van der Waals surface area contributed by atoms with E-state index < -0.39 is 0 Å². The van der Waals surface area contributed by atoms with E-state index in [0.717, 1.165) is 19.0 Å². The number of nitrogens with two attached hydrogens (primary N) is 1. The molecule has 0 aliphatic heterocycles. The maximum atomic E-state index is 8.88. The van der Waals surface area contributed by atoms with Gasteiger partial charge in [-0.15, -0.1) is 0 Å². The molecule has 3 nitrogen and oxygen atoms in total. The van der Waals surface area contributed by atoms with Crippen molar-refractivity contribution in [2.45, 2.75) is 58.0 Å². The van der Waals surface area contributed by atoms with E-state index >= 15 is 0 Å². The average molecular weight is 228 g/mol. The molecule has 0 saturated heterocycles. The highest BCUT2D eigenvalue weighted by atomic mass is 16.3. The Hall–Kier alpha value is -0.120. The molecule has 0 heterocycles. The first-order valence-corrected chi connectivity index (χ1v) is 6.51. The summed E-state index contributed by atoms with van der Waals surface area (Å²) in [5.41, 5.74) is 6.26. The monoisotopic (exact) mass is 228 g/mol. The van der Waals surface area contributed by atoms with Crippen LogP contribution in [0.3, 0.4) is 0 Å². The second-order valence-electron chi connectivity index (χ2n) is 6.11. The molecule has 0 aromatic rings. The summed E-state index contributed by atoms with van der Waals surface area (Å²) < 4.78 is 0. The van der Waals surface area contributed by atoms with Crippen LogP contribution >= 0.6 is 0 Å². The quantitative estimate of drug-likeness (QED) is 0.751.